The Kier molecular flexibility index (Phi) is 6.50. The highest BCUT2D eigenvalue weighted by atomic mass is 32.2. The van der Waals surface area contributed by atoms with Crippen LogP contribution in [0.5, 0.6) is 11.5 Å². The fraction of sp³-hybridized carbons (Fsp3) is 0.217. The van der Waals surface area contributed by atoms with E-state index >= 15 is 0 Å². The lowest BCUT2D eigenvalue weighted by atomic mass is 10.1. The number of rotatable bonds is 7. The van der Waals surface area contributed by atoms with Gasteiger partial charge in [0.15, 0.2) is 11.5 Å². The average Bonchev–Trinajstić information content (AvgIpc) is 2.75. The number of halogens is 2. The molecule has 0 aliphatic heterocycles. The smallest absolute Gasteiger partial charge is 0.264 e. The lowest BCUT2D eigenvalue weighted by Gasteiger charge is -2.31. The largest absolute Gasteiger partial charge is 0.493 e. The minimum Gasteiger partial charge on any atom is -0.493 e. The van der Waals surface area contributed by atoms with Gasteiger partial charge in [-0.3, -0.25) is 4.31 Å². The lowest BCUT2D eigenvalue weighted by molar-refractivity contribution is 0.354. The molecular formula is C23H23F2NO4S. The van der Waals surface area contributed by atoms with E-state index in [1.54, 1.807) is 32.0 Å². The Morgan fingerprint density at radius 3 is 2.10 bits per heavy atom. The molecule has 5 nitrogen and oxygen atoms in total. The van der Waals surface area contributed by atoms with E-state index in [9.17, 15) is 17.2 Å². The van der Waals surface area contributed by atoms with Crippen LogP contribution in [0.2, 0.25) is 0 Å². The molecule has 0 aliphatic rings. The van der Waals surface area contributed by atoms with Gasteiger partial charge in [0.05, 0.1) is 30.8 Å². The Morgan fingerprint density at radius 1 is 0.871 bits per heavy atom. The predicted molar refractivity (Wildman–Crippen MR) is 115 cm³/mol. The van der Waals surface area contributed by atoms with Gasteiger partial charge in [-0.2, -0.15) is 0 Å². The first-order valence-corrected chi connectivity index (χ1v) is 10.9. The molecule has 0 N–H and O–H groups in total. The summed E-state index contributed by atoms with van der Waals surface area (Å²) in [6.07, 6.45) is 0. The third-order valence-electron chi connectivity index (χ3n) is 5.02. The summed E-state index contributed by atoms with van der Waals surface area (Å²) in [5, 5.41) is 0. The first kappa shape index (κ1) is 22.6. The van der Waals surface area contributed by atoms with Crippen molar-refractivity contribution in [3.8, 4) is 11.5 Å². The molecule has 8 heteroatoms. The first-order chi connectivity index (χ1) is 14.7. The normalized spacial score (nSPS) is 12.3. The van der Waals surface area contributed by atoms with E-state index in [2.05, 4.69) is 0 Å². The van der Waals surface area contributed by atoms with Gasteiger partial charge in [0.25, 0.3) is 10.0 Å². The molecule has 164 valence electrons. The molecule has 0 fully saturated rings. The topological polar surface area (TPSA) is 55.8 Å². The van der Waals surface area contributed by atoms with E-state index in [1.807, 2.05) is 0 Å². The Labute approximate surface area is 180 Å². The van der Waals surface area contributed by atoms with Crippen molar-refractivity contribution in [2.45, 2.75) is 24.8 Å². The molecule has 0 unspecified atom stereocenters. The highest BCUT2D eigenvalue weighted by molar-refractivity contribution is 7.92. The van der Waals surface area contributed by atoms with Crippen LogP contribution in [0.1, 0.15) is 24.1 Å². The fourth-order valence-electron chi connectivity index (χ4n) is 3.26. The van der Waals surface area contributed by atoms with Crippen molar-refractivity contribution in [2.75, 3.05) is 18.5 Å². The monoisotopic (exact) mass is 447 g/mol. The summed E-state index contributed by atoms with van der Waals surface area (Å²) >= 11 is 0. The molecule has 0 saturated carbocycles. The van der Waals surface area contributed by atoms with Crippen LogP contribution in [0.25, 0.3) is 0 Å². The second kappa shape index (κ2) is 8.93. The third kappa shape index (κ3) is 4.49. The van der Waals surface area contributed by atoms with Crippen LogP contribution in [0.4, 0.5) is 14.5 Å². The van der Waals surface area contributed by atoms with E-state index < -0.39 is 27.7 Å². The Balaban J connectivity index is 2.18. The molecule has 0 spiro atoms. The number of hydrogen-bond acceptors (Lipinski definition) is 4. The van der Waals surface area contributed by atoms with E-state index in [0.717, 1.165) is 16.4 Å². The molecule has 0 heterocycles. The number of hydrogen-bond donors (Lipinski definition) is 0. The van der Waals surface area contributed by atoms with E-state index in [1.165, 1.54) is 44.6 Å². The molecular weight excluding hydrogens is 424 g/mol. The molecule has 0 bridgehead atoms. The fourth-order valence-corrected chi connectivity index (χ4v) is 4.89. The zero-order chi connectivity index (χ0) is 22.8. The summed E-state index contributed by atoms with van der Waals surface area (Å²) in [6.45, 7) is 3.27. The number of aryl methyl sites for hydroxylation is 1. The second-order valence-corrected chi connectivity index (χ2v) is 8.79. The molecule has 3 aromatic rings. The van der Waals surface area contributed by atoms with Crippen LogP contribution in [-0.4, -0.2) is 22.6 Å². The van der Waals surface area contributed by atoms with Crippen molar-refractivity contribution < 1.29 is 26.7 Å². The zero-order valence-corrected chi connectivity index (χ0v) is 18.4. The number of nitrogens with zero attached hydrogens (tertiary/aromatic N) is 1. The quantitative estimate of drug-likeness (QED) is 0.497. The summed E-state index contributed by atoms with van der Waals surface area (Å²) in [5.41, 5.74) is 1.14. The number of methoxy groups -OCH3 is 2. The average molecular weight is 448 g/mol. The van der Waals surface area contributed by atoms with Crippen molar-refractivity contribution >= 4 is 15.7 Å². The molecule has 0 amide bonds. The third-order valence-corrected chi connectivity index (χ3v) is 6.93. The summed E-state index contributed by atoms with van der Waals surface area (Å²) in [6, 6.07) is 13.0. The van der Waals surface area contributed by atoms with Crippen LogP contribution >= 0.6 is 0 Å². The minimum atomic E-state index is -4.16. The van der Waals surface area contributed by atoms with Gasteiger partial charge in [-0.1, -0.05) is 12.1 Å². The van der Waals surface area contributed by atoms with Crippen LogP contribution < -0.4 is 13.8 Å². The van der Waals surface area contributed by atoms with E-state index in [4.69, 9.17) is 9.47 Å². The number of benzene rings is 3. The van der Waals surface area contributed by atoms with Crippen LogP contribution in [0.15, 0.2) is 65.6 Å². The van der Waals surface area contributed by atoms with E-state index in [-0.39, 0.29) is 10.6 Å². The first-order valence-electron chi connectivity index (χ1n) is 9.47. The highest BCUT2D eigenvalue weighted by Gasteiger charge is 2.31. The maximum atomic E-state index is 14.4. The van der Waals surface area contributed by atoms with Crippen molar-refractivity contribution in [1.29, 1.82) is 0 Å². The molecule has 0 saturated heterocycles. The Bertz CT molecular complexity index is 1180. The summed E-state index contributed by atoms with van der Waals surface area (Å²) < 4.78 is 66.6. The number of ether oxygens (including phenoxy) is 2. The Morgan fingerprint density at radius 2 is 1.52 bits per heavy atom. The molecule has 0 radical (unpaired) electrons. The maximum Gasteiger partial charge on any atom is 0.264 e. The van der Waals surface area contributed by atoms with Crippen molar-refractivity contribution in [3.63, 3.8) is 0 Å². The van der Waals surface area contributed by atoms with Crippen LogP contribution in [0, 0.1) is 18.6 Å². The zero-order valence-electron chi connectivity index (χ0n) is 17.6. The van der Waals surface area contributed by atoms with E-state index in [0.29, 0.717) is 22.6 Å². The van der Waals surface area contributed by atoms with Crippen molar-refractivity contribution in [1.82, 2.24) is 0 Å². The second-order valence-electron chi connectivity index (χ2n) is 6.98. The van der Waals surface area contributed by atoms with Crippen LogP contribution in [-0.2, 0) is 10.0 Å². The molecule has 3 aromatic carbocycles. The predicted octanol–water partition coefficient (Wildman–Crippen LogP) is 5.25. The SMILES string of the molecule is COc1ccc([C@@H](C)N(c2ccc(C)c(F)c2)S(=O)(=O)c2ccc(F)cc2)cc1OC. The number of sulfonamides is 1. The highest BCUT2D eigenvalue weighted by Crippen LogP contribution is 2.37. The summed E-state index contributed by atoms with van der Waals surface area (Å²) in [4.78, 5) is -0.109. The van der Waals surface area contributed by atoms with Crippen LogP contribution in [0.3, 0.4) is 0 Å². The maximum absolute atomic E-state index is 14.4. The van der Waals surface area contributed by atoms with Crippen molar-refractivity contribution in [3.05, 3.63) is 83.4 Å². The van der Waals surface area contributed by atoms with Crippen molar-refractivity contribution in [2.24, 2.45) is 0 Å². The van der Waals surface area contributed by atoms with Gasteiger partial charge in [-0.05, 0) is 73.5 Å². The number of anilines is 1. The van der Waals surface area contributed by atoms with Gasteiger partial charge in [-0.25, -0.2) is 17.2 Å². The molecule has 31 heavy (non-hydrogen) atoms. The van der Waals surface area contributed by atoms with Gasteiger partial charge in [0, 0.05) is 0 Å². The molecule has 3 rings (SSSR count). The van der Waals surface area contributed by atoms with Gasteiger partial charge >= 0.3 is 0 Å². The Hall–Kier alpha value is -3.13. The lowest BCUT2D eigenvalue weighted by Crippen LogP contribution is -2.34. The van der Waals surface area contributed by atoms with Gasteiger partial charge in [-0.15, -0.1) is 0 Å². The summed E-state index contributed by atoms with van der Waals surface area (Å²) in [5.74, 6) is -0.162. The summed E-state index contributed by atoms with van der Waals surface area (Å²) in [7, 11) is -1.17. The van der Waals surface area contributed by atoms with Gasteiger partial charge in [0.2, 0.25) is 0 Å². The minimum absolute atomic E-state index is 0.109. The van der Waals surface area contributed by atoms with Gasteiger partial charge < -0.3 is 9.47 Å². The van der Waals surface area contributed by atoms with Gasteiger partial charge in [0.1, 0.15) is 11.6 Å². The molecule has 1 atom stereocenters. The molecule has 0 aliphatic carbocycles. The standard InChI is InChI=1S/C23H23F2NO4S/c1-15-5-9-19(14-21(15)25)26(31(27,28)20-10-7-18(24)8-11-20)16(2)17-6-12-22(29-3)23(13-17)30-4/h5-14,16H,1-4H3/t16-/m1/s1. The molecule has 0 aromatic heterocycles.